The lowest BCUT2D eigenvalue weighted by Gasteiger charge is -2.13. The monoisotopic (exact) mass is 379 g/mol. The number of hydrogen-bond donors (Lipinski definition) is 2. The minimum absolute atomic E-state index is 0.147. The van der Waals surface area contributed by atoms with Gasteiger partial charge in [0.15, 0.2) is 5.96 Å². The van der Waals surface area contributed by atoms with E-state index in [1.807, 2.05) is 25.6 Å². The molecule has 1 aromatic heterocycles. The second-order valence-electron chi connectivity index (χ2n) is 6.13. The molecule has 27 heavy (non-hydrogen) atoms. The van der Waals surface area contributed by atoms with Gasteiger partial charge in [-0.2, -0.15) is 13.9 Å². The molecule has 0 radical (unpaired) electrons. The second kappa shape index (κ2) is 9.89. The van der Waals surface area contributed by atoms with Crippen LogP contribution in [0.1, 0.15) is 29.4 Å². The van der Waals surface area contributed by atoms with E-state index in [0.29, 0.717) is 24.6 Å². The molecule has 1 aromatic carbocycles. The molecule has 148 valence electrons. The molecule has 0 spiro atoms. The number of nitrogens with zero attached hydrogens (tertiary/aromatic N) is 3. The van der Waals surface area contributed by atoms with Gasteiger partial charge in [-0.25, -0.2) is 4.99 Å². The van der Waals surface area contributed by atoms with Crippen LogP contribution in [-0.4, -0.2) is 35.4 Å². The molecule has 0 fully saturated rings. The quantitative estimate of drug-likeness (QED) is 0.547. The molecule has 1 heterocycles. The molecule has 8 heteroatoms. The highest BCUT2D eigenvalue weighted by Crippen LogP contribution is 2.21. The Balaban J connectivity index is 2.00. The van der Waals surface area contributed by atoms with Crippen LogP contribution in [0.2, 0.25) is 0 Å². The van der Waals surface area contributed by atoms with Crippen LogP contribution in [0.15, 0.2) is 29.3 Å². The van der Waals surface area contributed by atoms with Crippen LogP contribution in [-0.2, 0) is 20.0 Å². The normalized spacial score (nSPS) is 11.7. The maximum absolute atomic E-state index is 12.5. The molecule has 0 aliphatic carbocycles. The molecule has 2 rings (SSSR count). The first-order valence-corrected chi connectivity index (χ1v) is 8.96. The highest BCUT2D eigenvalue weighted by molar-refractivity contribution is 5.79. The van der Waals surface area contributed by atoms with Gasteiger partial charge in [0.2, 0.25) is 0 Å². The van der Waals surface area contributed by atoms with Gasteiger partial charge in [-0.3, -0.25) is 4.68 Å². The molecule has 6 nitrogen and oxygen atoms in total. The van der Waals surface area contributed by atoms with E-state index in [1.165, 1.54) is 11.6 Å². The first-order chi connectivity index (χ1) is 12.9. The van der Waals surface area contributed by atoms with Crippen molar-refractivity contribution in [1.29, 1.82) is 0 Å². The van der Waals surface area contributed by atoms with Gasteiger partial charge in [-0.1, -0.05) is 18.2 Å². The molecule has 2 N–H and O–H groups in total. The average molecular weight is 379 g/mol. The molecule has 0 saturated heterocycles. The molecule has 0 aliphatic rings. The summed E-state index contributed by atoms with van der Waals surface area (Å²) in [4.78, 5) is 4.48. The summed E-state index contributed by atoms with van der Waals surface area (Å²) in [5.74, 6) is 0.775. The third kappa shape index (κ3) is 5.94. The number of guanidine groups is 1. The third-order valence-corrected chi connectivity index (χ3v) is 4.27. The van der Waals surface area contributed by atoms with Gasteiger partial charge < -0.3 is 15.4 Å². The van der Waals surface area contributed by atoms with E-state index in [9.17, 15) is 8.78 Å². The number of aromatic nitrogens is 2. The fourth-order valence-corrected chi connectivity index (χ4v) is 2.84. The van der Waals surface area contributed by atoms with E-state index < -0.39 is 6.61 Å². The zero-order valence-electron chi connectivity index (χ0n) is 16.2. The number of aliphatic imine (C=N–C) groups is 1. The van der Waals surface area contributed by atoms with Crippen molar-refractivity contribution in [2.75, 3.05) is 13.1 Å². The Bertz CT molecular complexity index is 773. The SMILES string of the molecule is CCNC(=NCc1ccccc1OC(F)F)NCCc1c(C)nn(C)c1C. The number of benzene rings is 1. The Morgan fingerprint density at radius 2 is 2.00 bits per heavy atom. The van der Waals surface area contributed by atoms with Crippen molar-refractivity contribution < 1.29 is 13.5 Å². The van der Waals surface area contributed by atoms with Gasteiger partial charge in [0.25, 0.3) is 0 Å². The van der Waals surface area contributed by atoms with E-state index in [0.717, 1.165) is 17.8 Å². The standard InChI is InChI=1S/C19H27F2N5O/c1-5-22-19(23-11-10-16-13(2)25-26(4)14(16)3)24-12-15-8-6-7-9-17(15)27-18(20)21/h6-9,18H,5,10-12H2,1-4H3,(H2,22,23,24). The largest absolute Gasteiger partial charge is 0.434 e. The molecule has 0 atom stereocenters. The summed E-state index contributed by atoms with van der Waals surface area (Å²) in [5.41, 5.74) is 4.00. The number of hydrogen-bond acceptors (Lipinski definition) is 3. The molecule has 2 aromatic rings. The number of ether oxygens (including phenoxy) is 1. The number of aryl methyl sites for hydroxylation is 2. The summed E-state index contributed by atoms with van der Waals surface area (Å²) in [7, 11) is 1.93. The summed E-state index contributed by atoms with van der Waals surface area (Å²) in [6.07, 6.45) is 0.820. The van der Waals surface area contributed by atoms with Gasteiger partial charge in [-0.05, 0) is 38.8 Å². The van der Waals surface area contributed by atoms with Crippen molar-refractivity contribution in [2.45, 2.75) is 40.3 Å². The molecule has 0 bridgehead atoms. The zero-order chi connectivity index (χ0) is 19.8. The molecule has 0 saturated carbocycles. The van der Waals surface area contributed by atoms with E-state index in [1.54, 1.807) is 18.2 Å². The Morgan fingerprint density at radius 3 is 2.63 bits per heavy atom. The summed E-state index contributed by atoms with van der Waals surface area (Å²) in [6.45, 7) is 4.80. The van der Waals surface area contributed by atoms with E-state index in [-0.39, 0.29) is 12.3 Å². The predicted octanol–water partition coefficient (Wildman–Crippen LogP) is 2.94. The number of halogens is 2. The minimum atomic E-state index is -2.85. The Labute approximate surface area is 158 Å². The highest BCUT2D eigenvalue weighted by Gasteiger charge is 2.10. The molecule has 0 amide bonds. The Kier molecular flexibility index (Phi) is 7.57. The summed E-state index contributed by atoms with van der Waals surface area (Å²) < 4.78 is 31.5. The van der Waals surface area contributed by atoms with Crippen LogP contribution < -0.4 is 15.4 Å². The lowest BCUT2D eigenvalue weighted by molar-refractivity contribution is -0.0504. The number of para-hydroxylation sites is 1. The molecular weight excluding hydrogens is 352 g/mol. The zero-order valence-corrected chi connectivity index (χ0v) is 16.2. The second-order valence-corrected chi connectivity index (χ2v) is 6.13. The van der Waals surface area contributed by atoms with Crippen molar-refractivity contribution >= 4 is 5.96 Å². The molecule has 0 aliphatic heterocycles. The average Bonchev–Trinajstić information content (AvgIpc) is 2.86. The van der Waals surface area contributed by atoms with E-state index in [2.05, 4.69) is 32.4 Å². The summed E-state index contributed by atoms with van der Waals surface area (Å²) in [5, 5.41) is 10.9. The number of nitrogens with one attached hydrogen (secondary N) is 2. The first-order valence-electron chi connectivity index (χ1n) is 8.96. The van der Waals surface area contributed by atoms with Crippen molar-refractivity contribution in [3.8, 4) is 5.75 Å². The summed E-state index contributed by atoms with van der Waals surface area (Å²) in [6, 6.07) is 6.68. The maximum atomic E-state index is 12.5. The van der Waals surface area contributed by atoms with Crippen molar-refractivity contribution in [2.24, 2.45) is 12.0 Å². The van der Waals surface area contributed by atoms with Gasteiger partial charge in [0.1, 0.15) is 5.75 Å². The lowest BCUT2D eigenvalue weighted by atomic mass is 10.1. The maximum Gasteiger partial charge on any atom is 0.387 e. The van der Waals surface area contributed by atoms with Crippen LogP contribution in [0.4, 0.5) is 8.78 Å². The fourth-order valence-electron chi connectivity index (χ4n) is 2.84. The van der Waals surface area contributed by atoms with Crippen molar-refractivity contribution in [1.82, 2.24) is 20.4 Å². The van der Waals surface area contributed by atoms with Gasteiger partial charge >= 0.3 is 6.61 Å². The number of alkyl halides is 2. The first kappa shape index (κ1) is 20.7. The van der Waals surface area contributed by atoms with Crippen molar-refractivity contribution in [3.63, 3.8) is 0 Å². The number of rotatable bonds is 8. The molecule has 0 unspecified atom stereocenters. The van der Waals surface area contributed by atoms with Gasteiger partial charge in [0, 0.05) is 31.4 Å². The summed E-state index contributed by atoms with van der Waals surface area (Å²) >= 11 is 0. The van der Waals surface area contributed by atoms with Crippen LogP contribution in [0.5, 0.6) is 5.75 Å². The minimum Gasteiger partial charge on any atom is -0.434 e. The van der Waals surface area contributed by atoms with E-state index >= 15 is 0 Å². The van der Waals surface area contributed by atoms with Gasteiger partial charge in [-0.15, -0.1) is 0 Å². The van der Waals surface area contributed by atoms with Crippen LogP contribution in [0, 0.1) is 13.8 Å². The fraction of sp³-hybridized carbons (Fsp3) is 0.474. The lowest BCUT2D eigenvalue weighted by Crippen LogP contribution is -2.38. The van der Waals surface area contributed by atoms with Gasteiger partial charge in [0.05, 0.1) is 12.2 Å². The van der Waals surface area contributed by atoms with E-state index in [4.69, 9.17) is 0 Å². The smallest absolute Gasteiger partial charge is 0.387 e. The predicted molar refractivity (Wildman–Crippen MR) is 102 cm³/mol. The van der Waals surface area contributed by atoms with Crippen LogP contribution in [0.25, 0.3) is 0 Å². The molecular formula is C19H27F2N5O. The Hall–Kier alpha value is -2.64. The topological polar surface area (TPSA) is 63.5 Å². The highest BCUT2D eigenvalue weighted by atomic mass is 19.3. The van der Waals surface area contributed by atoms with Crippen LogP contribution >= 0.6 is 0 Å². The van der Waals surface area contributed by atoms with Crippen molar-refractivity contribution in [3.05, 3.63) is 46.8 Å². The third-order valence-electron chi connectivity index (χ3n) is 4.27. The Morgan fingerprint density at radius 1 is 1.26 bits per heavy atom. The van der Waals surface area contributed by atoms with Crippen LogP contribution in [0.3, 0.4) is 0 Å².